The van der Waals surface area contributed by atoms with Gasteiger partial charge in [0, 0.05) is 22.8 Å². The predicted octanol–water partition coefficient (Wildman–Crippen LogP) is 5.46. The standard InChI is InChI=1S/C17H11Cl2F3N4S/c18-11-2-1-3-13(21)10(11)7-26-8-12(19)16(25-26)24-17(27)23-15-5-4-9(20)6-14(15)22/h1-6,8H,7H2,(H2,23,24,25,27). The Morgan fingerprint density at radius 3 is 2.52 bits per heavy atom. The third kappa shape index (κ3) is 4.71. The van der Waals surface area contributed by atoms with E-state index < -0.39 is 17.5 Å². The number of aromatic nitrogens is 2. The van der Waals surface area contributed by atoms with E-state index in [0.717, 1.165) is 12.1 Å². The smallest absolute Gasteiger partial charge is 0.176 e. The van der Waals surface area contributed by atoms with Gasteiger partial charge in [0.1, 0.15) is 22.5 Å². The topological polar surface area (TPSA) is 41.9 Å². The third-order valence-corrected chi connectivity index (χ3v) is 4.34. The molecule has 0 saturated heterocycles. The lowest BCUT2D eigenvalue weighted by Gasteiger charge is -2.10. The summed E-state index contributed by atoms with van der Waals surface area (Å²) < 4.78 is 41.9. The average Bonchev–Trinajstić information content (AvgIpc) is 2.93. The molecule has 3 aromatic rings. The van der Waals surface area contributed by atoms with E-state index in [4.69, 9.17) is 35.4 Å². The van der Waals surface area contributed by atoms with Crippen LogP contribution in [0.4, 0.5) is 24.7 Å². The minimum atomic E-state index is -0.801. The van der Waals surface area contributed by atoms with E-state index in [1.165, 1.54) is 29.1 Å². The molecule has 0 aliphatic heterocycles. The SMILES string of the molecule is Fc1ccc(NC(=S)Nc2nn(Cc3c(F)cccc3Cl)cc2Cl)c(F)c1. The summed E-state index contributed by atoms with van der Waals surface area (Å²) in [4.78, 5) is 0. The predicted molar refractivity (Wildman–Crippen MR) is 104 cm³/mol. The van der Waals surface area contributed by atoms with Crippen LogP contribution in [-0.4, -0.2) is 14.9 Å². The van der Waals surface area contributed by atoms with E-state index in [-0.39, 0.29) is 38.8 Å². The van der Waals surface area contributed by atoms with E-state index in [1.807, 2.05) is 0 Å². The molecule has 1 heterocycles. The second-order valence-electron chi connectivity index (χ2n) is 5.43. The Labute approximate surface area is 167 Å². The molecule has 1 aromatic heterocycles. The van der Waals surface area contributed by atoms with Gasteiger partial charge in [-0.15, -0.1) is 0 Å². The molecule has 0 bridgehead atoms. The van der Waals surface area contributed by atoms with Gasteiger partial charge in [-0.05, 0) is 36.5 Å². The highest BCUT2D eigenvalue weighted by Gasteiger charge is 2.13. The minimum Gasteiger partial charge on any atom is -0.330 e. The van der Waals surface area contributed by atoms with Crippen molar-refractivity contribution in [1.29, 1.82) is 0 Å². The molecule has 2 N–H and O–H groups in total. The van der Waals surface area contributed by atoms with Gasteiger partial charge in [0.15, 0.2) is 10.9 Å². The highest BCUT2D eigenvalue weighted by molar-refractivity contribution is 7.80. The first-order valence-corrected chi connectivity index (χ1v) is 8.69. The molecule has 0 aliphatic carbocycles. The Hall–Kier alpha value is -2.29. The average molecular weight is 431 g/mol. The zero-order chi connectivity index (χ0) is 19.6. The molecule has 2 aromatic carbocycles. The van der Waals surface area contributed by atoms with Crippen molar-refractivity contribution in [3.8, 4) is 0 Å². The maximum atomic E-state index is 13.9. The van der Waals surface area contributed by atoms with Gasteiger partial charge < -0.3 is 10.6 Å². The van der Waals surface area contributed by atoms with Gasteiger partial charge in [0.05, 0.1) is 12.2 Å². The quantitative estimate of drug-likeness (QED) is 0.538. The van der Waals surface area contributed by atoms with Crippen LogP contribution in [0.5, 0.6) is 0 Å². The van der Waals surface area contributed by atoms with Gasteiger partial charge in [0.25, 0.3) is 0 Å². The van der Waals surface area contributed by atoms with E-state index in [1.54, 1.807) is 6.07 Å². The second-order valence-corrected chi connectivity index (χ2v) is 6.65. The van der Waals surface area contributed by atoms with Crippen molar-refractivity contribution < 1.29 is 13.2 Å². The molecule has 27 heavy (non-hydrogen) atoms. The molecular formula is C17H11Cl2F3N4S. The lowest BCUT2D eigenvalue weighted by Crippen LogP contribution is -2.20. The van der Waals surface area contributed by atoms with Crippen molar-refractivity contribution in [2.24, 2.45) is 0 Å². The Bertz CT molecular complexity index is 990. The highest BCUT2D eigenvalue weighted by Crippen LogP contribution is 2.24. The molecule has 140 valence electrons. The lowest BCUT2D eigenvalue weighted by atomic mass is 10.2. The number of thiocarbonyl (C=S) groups is 1. The Morgan fingerprint density at radius 1 is 1.04 bits per heavy atom. The van der Waals surface area contributed by atoms with Gasteiger partial charge in [-0.2, -0.15) is 5.10 Å². The molecule has 0 amide bonds. The summed E-state index contributed by atoms with van der Waals surface area (Å²) in [6.45, 7) is 0.0552. The van der Waals surface area contributed by atoms with Gasteiger partial charge in [-0.25, -0.2) is 13.2 Å². The summed E-state index contributed by atoms with van der Waals surface area (Å²) in [6, 6.07) is 7.39. The molecule has 0 aliphatic rings. The van der Waals surface area contributed by atoms with E-state index in [0.29, 0.717) is 0 Å². The second kappa shape index (κ2) is 8.16. The number of hydrogen-bond donors (Lipinski definition) is 2. The summed E-state index contributed by atoms with van der Waals surface area (Å²) in [5.41, 5.74) is 0.251. The molecule has 4 nitrogen and oxygen atoms in total. The summed E-state index contributed by atoms with van der Waals surface area (Å²) in [5.74, 6) is -1.78. The monoisotopic (exact) mass is 430 g/mol. The fourth-order valence-electron chi connectivity index (χ4n) is 2.26. The van der Waals surface area contributed by atoms with Crippen LogP contribution in [0.1, 0.15) is 5.56 Å². The van der Waals surface area contributed by atoms with Gasteiger partial charge in [0.2, 0.25) is 0 Å². The maximum absolute atomic E-state index is 13.9. The molecule has 0 atom stereocenters. The lowest BCUT2D eigenvalue weighted by molar-refractivity contribution is 0.586. The van der Waals surface area contributed by atoms with Crippen molar-refractivity contribution >= 4 is 52.0 Å². The number of benzene rings is 2. The Kier molecular flexibility index (Phi) is 5.88. The summed E-state index contributed by atoms with van der Waals surface area (Å²) >= 11 is 17.2. The molecule has 0 saturated carbocycles. The number of nitrogens with zero attached hydrogens (tertiary/aromatic N) is 2. The first-order valence-electron chi connectivity index (χ1n) is 7.52. The van der Waals surface area contributed by atoms with Crippen LogP contribution in [0.25, 0.3) is 0 Å². The van der Waals surface area contributed by atoms with Gasteiger partial charge >= 0.3 is 0 Å². The molecule has 3 rings (SSSR count). The summed E-state index contributed by atoms with van der Waals surface area (Å²) in [6.07, 6.45) is 1.47. The minimum absolute atomic E-state index is 0.00316. The number of rotatable bonds is 4. The maximum Gasteiger partial charge on any atom is 0.176 e. The normalized spacial score (nSPS) is 10.7. The number of halogens is 5. The molecule has 0 unspecified atom stereocenters. The Morgan fingerprint density at radius 2 is 1.81 bits per heavy atom. The first-order chi connectivity index (χ1) is 12.8. The zero-order valence-electron chi connectivity index (χ0n) is 13.4. The fraction of sp³-hybridized carbons (Fsp3) is 0.0588. The van der Waals surface area contributed by atoms with Crippen LogP contribution < -0.4 is 10.6 Å². The zero-order valence-corrected chi connectivity index (χ0v) is 15.8. The largest absolute Gasteiger partial charge is 0.330 e. The van der Waals surface area contributed by atoms with Crippen molar-refractivity contribution in [1.82, 2.24) is 9.78 Å². The van der Waals surface area contributed by atoms with Crippen molar-refractivity contribution in [2.45, 2.75) is 6.54 Å². The van der Waals surface area contributed by atoms with Crippen LogP contribution in [0.2, 0.25) is 10.0 Å². The molecular weight excluding hydrogens is 420 g/mol. The van der Waals surface area contributed by atoms with E-state index >= 15 is 0 Å². The summed E-state index contributed by atoms with van der Waals surface area (Å²) in [7, 11) is 0. The Balaban J connectivity index is 1.72. The summed E-state index contributed by atoms with van der Waals surface area (Å²) in [5, 5.41) is 9.93. The fourth-order valence-corrected chi connectivity index (χ4v) is 2.89. The molecule has 0 fully saturated rings. The molecule has 10 heteroatoms. The molecule has 0 radical (unpaired) electrons. The highest BCUT2D eigenvalue weighted by atomic mass is 35.5. The van der Waals surface area contributed by atoms with Crippen LogP contribution >= 0.6 is 35.4 Å². The van der Waals surface area contributed by atoms with Crippen molar-refractivity contribution in [2.75, 3.05) is 10.6 Å². The van der Waals surface area contributed by atoms with Crippen LogP contribution in [-0.2, 0) is 6.54 Å². The third-order valence-electron chi connectivity index (χ3n) is 3.51. The van der Waals surface area contributed by atoms with Crippen LogP contribution in [0.3, 0.4) is 0 Å². The van der Waals surface area contributed by atoms with Gasteiger partial charge in [-0.3, -0.25) is 4.68 Å². The number of anilines is 2. The van der Waals surface area contributed by atoms with Crippen molar-refractivity contribution in [3.05, 3.63) is 75.7 Å². The van der Waals surface area contributed by atoms with Gasteiger partial charge in [-0.1, -0.05) is 29.3 Å². The number of hydrogen-bond acceptors (Lipinski definition) is 2. The molecule has 0 spiro atoms. The number of nitrogens with one attached hydrogen (secondary N) is 2. The van der Waals surface area contributed by atoms with Crippen LogP contribution in [0.15, 0.2) is 42.6 Å². The van der Waals surface area contributed by atoms with E-state index in [9.17, 15) is 13.2 Å². The van der Waals surface area contributed by atoms with Crippen molar-refractivity contribution in [3.63, 3.8) is 0 Å². The first kappa shape index (κ1) is 19.5. The van der Waals surface area contributed by atoms with Crippen LogP contribution in [0, 0.1) is 17.5 Å². The van der Waals surface area contributed by atoms with E-state index in [2.05, 4.69) is 15.7 Å².